The lowest BCUT2D eigenvalue weighted by molar-refractivity contribution is -0.893. The number of halogens is 2. The van der Waals surface area contributed by atoms with Crippen LogP contribution in [0.15, 0.2) is 21.7 Å². The molecule has 0 bridgehead atoms. The van der Waals surface area contributed by atoms with Crippen molar-refractivity contribution in [1.82, 2.24) is 19.1 Å². The number of fused-ring (bicyclic) bond motifs is 2. The zero-order valence-corrected chi connectivity index (χ0v) is 22.0. The van der Waals surface area contributed by atoms with Gasteiger partial charge in [-0.2, -0.15) is 4.98 Å². The van der Waals surface area contributed by atoms with Gasteiger partial charge in [-0.3, -0.25) is 9.36 Å². The maximum absolute atomic E-state index is 13.2. The zero-order chi connectivity index (χ0) is 21.0. The molecule has 8 nitrogen and oxygen atoms in total. The Kier molecular flexibility index (Phi) is 7.80. The molecule has 0 unspecified atom stereocenters. The highest BCUT2D eigenvalue weighted by molar-refractivity contribution is 5.80. The van der Waals surface area contributed by atoms with Crippen molar-refractivity contribution in [2.75, 3.05) is 42.3 Å². The number of hydrogen-bond donors (Lipinski definition) is 0. The molecular weight excluding hydrogens is 516 g/mol. The third kappa shape index (κ3) is 5.35. The van der Waals surface area contributed by atoms with Crippen molar-refractivity contribution in [3.05, 3.63) is 44.1 Å². The Bertz CT molecular complexity index is 1160. The van der Waals surface area contributed by atoms with Gasteiger partial charge in [-0.15, -0.1) is 0 Å². The van der Waals surface area contributed by atoms with Crippen LogP contribution in [0.5, 0.6) is 0 Å². The largest absolute Gasteiger partial charge is 1.00 e. The molecule has 3 rings (SSSR count). The summed E-state index contributed by atoms with van der Waals surface area (Å²) in [5, 5.41) is 0. The van der Waals surface area contributed by atoms with E-state index in [2.05, 4.69) is 37.2 Å². The van der Waals surface area contributed by atoms with Gasteiger partial charge in [0.2, 0.25) is 0 Å². The van der Waals surface area contributed by atoms with Crippen LogP contribution in [-0.4, -0.2) is 70.4 Å². The van der Waals surface area contributed by atoms with Crippen molar-refractivity contribution < 1.29 is 42.9 Å². The Morgan fingerprint density at radius 1 is 0.800 bits per heavy atom. The van der Waals surface area contributed by atoms with E-state index in [1.165, 1.54) is 4.57 Å². The van der Waals surface area contributed by atoms with Crippen molar-refractivity contribution in [3.8, 4) is 11.5 Å². The minimum Gasteiger partial charge on any atom is -1.00 e. The number of aryl methyl sites for hydroxylation is 2. The molecule has 1 aromatic rings. The smallest absolute Gasteiger partial charge is 0.357 e. The summed E-state index contributed by atoms with van der Waals surface area (Å²) in [5.41, 5.74) is 3.15. The monoisotopic (exact) mass is 544 g/mol. The molecule has 0 N–H and O–H groups in total. The van der Waals surface area contributed by atoms with Crippen molar-refractivity contribution >= 4 is 11.0 Å². The highest BCUT2D eigenvalue weighted by Crippen LogP contribution is 2.24. The van der Waals surface area contributed by atoms with Crippen LogP contribution in [-0.2, 0) is 13.3 Å². The molecule has 0 saturated carbocycles. The molecule has 10 heteroatoms. The summed E-state index contributed by atoms with van der Waals surface area (Å²) in [6.45, 7) is 4.87. The minimum absolute atomic E-state index is 0. The first-order chi connectivity index (χ1) is 12.8. The molecule has 2 aliphatic rings. The predicted molar refractivity (Wildman–Crippen MR) is 110 cm³/mol. The van der Waals surface area contributed by atoms with E-state index in [1.54, 1.807) is 0 Å². The first kappa shape index (κ1) is 26.4. The van der Waals surface area contributed by atoms with E-state index in [0.29, 0.717) is 21.5 Å². The summed E-state index contributed by atoms with van der Waals surface area (Å²) in [7, 11) is 11.9. The van der Waals surface area contributed by atoms with Crippen molar-refractivity contribution in [2.24, 2.45) is 0 Å². The molecule has 0 atom stereocenters. The molecule has 30 heavy (non-hydrogen) atoms. The van der Waals surface area contributed by atoms with Crippen molar-refractivity contribution in [3.63, 3.8) is 0 Å². The normalized spacial score (nSPS) is 12.0. The molecule has 2 aliphatic heterocycles. The Morgan fingerprint density at radius 3 is 1.83 bits per heavy atom. The van der Waals surface area contributed by atoms with Gasteiger partial charge in [-0.1, -0.05) is 0 Å². The summed E-state index contributed by atoms with van der Waals surface area (Å²) in [5.74, 6) is 0.344. The standard InChI is InChI=1S/C20H30N6O2.2BrH/c1-13-9-15-16(10-14(13)2)23(11-25(3,4)5)18-17(21-15)19(27)24(20(28)22-18)12-26(6,7)8;;/h9-10H,11-12H2,1-8H3;2*1H/q+2;;/p-2. The fourth-order valence-corrected chi connectivity index (χ4v) is 3.24. The van der Waals surface area contributed by atoms with Gasteiger partial charge in [0.25, 0.3) is 5.56 Å². The second-order valence-electron chi connectivity index (χ2n) is 9.63. The summed E-state index contributed by atoms with van der Waals surface area (Å²) in [6, 6.07) is 4.04. The quantitative estimate of drug-likeness (QED) is 0.243. The lowest BCUT2D eigenvalue weighted by Gasteiger charge is -2.28. The van der Waals surface area contributed by atoms with Gasteiger partial charge in [0.05, 0.1) is 53.3 Å². The lowest BCUT2D eigenvalue weighted by atomic mass is 10.1. The Morgan fingerprint density at radius 2 is 1.30 bits per heavy atom. The van der Waals surface area contributed by atoms with Gasteiger partial charge in [-0.05, 0) is 37.1 Å². The summed E-state index contributed by atoms with van der Waals surface area (Å²) in [4.78, 5) is 34.8. The van der Waals surface area contributed by atoms with E-state index in [9.17, 15) is 9.59 Å². The Hall–Kier alpha value is -1.62. The molecule has 0 fully saturated rings. The zero-order valence-electron chi connectivity index (χ0n) is 18.8. The second kappa shape index (κ2) is 8.86. The summed E-state index contributed by atoms with van der Waals surface area (Å²) < 4.78 is 4.18. The highest BCUT2D eigenvalue weighted by Gasteiger charge is 2.26. The number of hydrogen-bond acceptors (Lipinski definition) is 4. The molecule has 166 valence electrons. The molecule has 0 aliphatic carbocycles. The van der Waals surface area contributed by atoms with Crippen LogP contribution in [0.25, 0.3) is 22.6 Å². The SMILES string of the molecule is Cc1cc2nc3c(=O)n(C[N+](C)(C)C)c(=O)nc-3n(C[N+](C)(C)C)c2cc1C.[Br-].[Br-]. The van der Waals surface area contributed by atoms with Crippen LogP contribution in [0, 0.1) is 13.8 Å². The van der Waals surface area contributed by atoms with Gasteiger partial charge in [0, 0.05) is 0 Å². The molecule has 1 aromatic carbocycles. The van der Waals surface area contributed by atoms with E-state index >= 15 is 0 Å². The third-order valence-corrected chi connectivity index (χ3v) is 4.59. The van der Waals surface area contributed by atoms with Gasteiger partial charge < -0.3 is 42.9 Å². The molecule has 0 aromatic heterocycles. The van der Waals surface area contributed by atoms with Crippen LogP contribution >= 0.6 is 0 Å². The second-order valence-corrected chi connectivity index (χ2v) is 9.63. The van der Waals surface area contributed by atoms with E-state index in [-0.39, 0.29) is 46.3 Å². The van der Waals surface area contributed by atoms with Gasteiger partial charge in [0.15, 0.2) is 24.9 Å². The lowest BCUT2D eigenvalue weighted by Crippen LogP contribution is -3.00. The number of rotatable bonds is 4. The van der Waals surface area contributed by atoms with E-state index in [0.717, 1.165) is 22.2 Å². The van der Waals surface area contributed by atoms with Gasteiger partial charge in [0.1, 0.15) is 0 Å². The highest BCUT2D eigenvalue weighted by atomic mass is 79.9. The molecule has 0 radical (unpaired) electrons. The minimum atomic E-state index is -0.536. The Balaban J connectivity index is 0.00000225. The first-order valence-electron chi connectivity index (χ1n) is 9.30. The van der Waals surface area contributed by atoms with Crippen LogP contribution < -0.4 is 45.2 Å². The molecule has 0 spiro atoms. The molecular formula is C20H30Br2N6O2. The van der Waals surface area contributed by atoms with Gasteiger partial charge >= 0.3 is 5.69 Å². The van der Waals surface area contributed by atoms with Crippen LogP contribution in [0.3, 0.4) is 0 Å². The Labute approximate surface area is 197 Å². The number of nitrogens with zero attached hydrogens (tertiary/aromatic N) is 6. The first-order valence-corrected chi connectivity index (χ1v) is 9.30. The number of quaternary nitrogens is 2. The molecule has 2 heterocycles. The van der Waals surface area contributed by atoms with Crippen LogP contribution in [0.2, 0.25) is 0 Å². The van der Waals surface area contributed by atoms with Gasteiger partial charge in [-0.25, -0.2) is 14.3 Å². The third-order valence-electron chi connectivity index (χ3n) is 4.59. The molecule has 0 saturated heterocycles. The fourth-order valence-electron chi connectivity index (χ4n) is 3.24. The average Bonchev–Trinajstić information content (AvgIpc) is 2.52. The maximum Gasteiger partial charge on any atom is 0.357 e. The van der Waals surface area contributed by atoms with Crippen molar-refractivity contribution in [2.45, 2.75) is 27.2 Å². The van der Waals surface area contributed by atoms with Crippen LogP contribution in [0.4, 0.5) is 0 Å². The molecule has 0 amide bonds. The van der Waals surface area contributed by atoms with E-state index in [4.69, 9.17) is 0 Å². The number of aromatic nitrogens is 4. The summed E-state index contributed by atoms with van der Waals surface area (Å²) in [6.07, 6.45) is 0. The predicted octanol–water partition coefficient (Wildman–Crippen LogP) is -4.99. The maximum atomic E-state index is 13.2. The topological polar surface area (TPSA) is 69.8 Å². The number of benzene rings is 1. The van der Waals surface area contributed by atoms with E-state index in [1.807, 2.05) is 45.6 Å². The fraction of sp³-hybridized carbons (Fsp3) is 0.500. The average molecular weight is 546 g/mol. The van der Waals surface area contributed by atoms with Crippen LogP contribution in [0.1, 0.15) is 11.1 Å². The van der Waals surface area contributed by atoms with E-state index < -0.39 is 11.2 Å². The van der Waals surface area contributed by atoms with Crippen molar-refractivity contribution in [1.29, 1.82) is 0 Å². The summed E-state index contributed by atoms with van der Waals surface area (Å²) >= 11 is 0.